The molecule has 1 saturated heterocycles. The number of likely N-dealkylation sites (N-methyl/N-ethyl adjacent to an activating group) is 1. The Bertz CT molecular complexity index is 270. The van der Waals surface area contributed by atoms with Crippen LogP contribution in [0.1, 0.15) is 19.4 Å². The number of hydrogen-bond acceptors (Lipinski definition) is 1. The summed E-state index contributed by atoms with van der Waals surface area (Å²) < 4.78 is 0. The van der Waals surface area contributed by atoms with Crippen LogP contribution in [0.25, 0.3) is 0 Å². The van der Waals surface area contributed by atoms with Gasteiger partial charge in [-0.05, 0) is 26.5 Å². The first-order chi connectivity index (χ1) is 5.67. The molecule has 2 rings (SSSR count). The molecule has 0 spiro atoms. The number of nitrogens with zero attached hydrogens (tertiary/aromatic N) is 1. The average molecular weight is 161 g/mol. The van der Waals surface area contributed by atoms with E-state index in [-0.39, 0.29) is 0 Å². The van der Waals surface area contributed by atoms with E-state index in [4.69, 9.17) is 0 Å². The fraction of sp³-hybridized carbons (Fsp3) is 0.455. The van der Waals surface area contributed by atoms with E-state index in [0.717, 1.165) is 0 Å². The van der Waals surface area contributed by atoms with E-state index in [2.05, 4.69) is 56.1 Å². The molecule has 1 unspecified atom stereocenters. The van der Waals surface area contributed by atoms with Gasteiger partial charge in [-0.1, -0.05) is 30.3 Å². The van der Waals surface area contributed by atoms with Gasteiger partial charge >= 0.3 is 0 Å². The molecule has 1 aliphatic heterocycles. The molecule has 1 aliphatic rings. The van der Waals surface area contributed by atoms with Gasteiger partial charge in [0.2, 0.25) is 0 Å². The molecule has 64 valence electrons. The minimum absolute atomic E-state index is 0.293. The summed E-state index contributed by atoms with van der Waals surface area (Å²) in [6, 6.07) is 11.4. The van der Waals surface area contributed by atoms with Gasteiger partial charge in [-0.3, -0.25) is 4.90 Å². The minimum atomic E-state index is 0.293. The third kappa shape index (κ3) is 0.831. The molecule has 0 saturated carbocycles. The molecule has 1 heterocycles. The molecular formula is C11H15N. The molecule has 1 heteroatoms. The van der Waals surface area contributed by atoms with E-state index in [1.165, 1.54) is 5.56 Å². The molecule has 0 aliphatic carbocycles. The lowest BCUT2D eigenvalue weighted by Crippen LogP contribution is -2.08. The summed E-state index contributed by atoms with van der Waals surface area (Å²) in [7, 11) is 2.18. The highest BCUT2D eigenvalue weighted by Gasteiger charge is 2.54. The first-order valence-electron chi connectivity index (χ1n) is 4.46. The molecule has 1 aromatic rings. The highest BCUT2D eigenvalue weighted by atomic mass is 15.4. The summed E-state index contributed by atoms with van der Waals surface area (Å²) in [6.07, 6.45) is 0. The van der Waals surface area contributed by atoms with Gasteiger partial charge < -0.3 is 0 Å². The molecule has 0 aromatic heterocycles. The standard InChI is InChI=1S/C11H15N/c1-9-11(2,12(9)3)10-7-5-4-6-8-10/h4-9H,1-3H3/t9-,11+,12?/m0/s1. The smallest absolute Gasteiger partial charge is 0.0586 e. The van der Waals surface area contributed by atoms with Gasteiger partial charge in [-0.25, -0.2) is 0 Å². The van der Waals surface area contributed by atoms with Crippen LogP contribution in [-0.2, 0) is 5.54 Å². The fourth-order valence-corrected chi connectivity index (χ4v) is 1.97. The third-order valence-corrected chi connectivity index (χ3v) is 3.42. The Kier molecular flexibility index (Phi) is 1.52. The van der Waals surface area contributed by atoms with Gasteiger partial charge in [0.1, 0.15) is 0 Å². The van der Waals surface area contributed by atoms with Crippen LogP contribution in [-0.4, -0.2) is 18.0 Å². The van der Waals surface area contributed by atoms with E-state index in [0.29, 0.717) is 11.6 Å². The van der Waals surface area contributed by atoms with Crippen LogP contribution < -0.4 is 0 Å². The van der Waals surface area contributed by atoms with Crippen molar-refractivity contribution < 1.29 is 0 Å². The second kappa shape index (κ2) is 2.33. The molecule has 0 N–H and O–H groups in total. The second-order valence-corrected chi connectivity index (χ2v) is 3.80. The van der Waals surface area contributed by atoms with Crippen molar-refractivity contribution >= 4 is 0 Å². The summed E-state index contributed by atoms with van der Waals surface area (Å²) in [5.41, 5.74) is 1.72. The van der Waals surface area contributed by atoms with Crippen LogP contribution in [0.5, 0.6) is 0 Å². The highest BCUT2D eigenvalue weighted by Crippen LogP contribution is 2.47. The van der Waals surface area contributed by atoms with Crippen molar-refractivity contribution in [3.05, 3.63) is 35.9 Å². The fourth-order valence-electron chi connectivity index (χ4n) is 1.97. The Hall–Kier alpha value is -0.820. The lowest BCUT2D eigenvalue weighted by atomic mass is 9.98. The van der Waals surface area contributed by atoms with Crippen LogP contribution in [0.15, 0.2) is 30.3 Å². The number of rotatable bonds is 1. The van der Waals surface area contributed by atoms with Crippen molar-refractivity contribution in [1.29, 1.82) is 0 Å². The zero-order valence-corrected chi connectivity index (χ0v) is 7.91. The van der Waals surface area contributed by atoms with E-state index >= 15 is 0 Å². The first kappa shape index (κ1) is 7.81. The van der Waals surface area contributed by atoms with Crippen LogP contribution in [0, 0.1) is 0 Å². The van der Waals surface area contributed by atoms with E-state index in [1.54, 1.807) is 0 Å². The summed E-state index contributed by atoms with van der Waals surface area (Å²) in [5, 5.41) is 0. The Morgan fingerprint density at radius 1 is 1.25 bits per heavy atom. The van der Waals surface area contributed by atoms with Crippen molar-refractivity contribution in [1.82, 2.24) is 4.90 Å². The van der Waals surface area contributed by atoms with Crippen molar-refractivity contribution in [2.45, 2.75) is 25.4 Å². The monoisotopic (exact) mass is 161 g/mol. The van der Waals surface area contributed by atoms with Crippen molar-refractivity contribution in [3.63, 3.8) is 0 Å². The van der Waals surface area contributed by atoms with Gasteiger partial charge in [-0.15, -0.1) is 0 Å². The van der Waals surface area contributed by atoms with Crippen LogP contribution in [0.2, 0.25) is 0 Å². The maximum Gasteiger partial charge on any atom is 0.0586 e. The predicted octanol–water partition coefficient (Wildman–Crippen LogP) is 2.24. The quantitative estimate of drug-likeness (QED) is 0.571. The van der Waals surface area contributed by atoms with Gasteiger partial charge in [0.25, 0.3) is 0 Å². The van der Waals surface area contributed by atoms with Crippen LogP contribution in [0.3, 0.4) is 0 Å². The van der Waals surface area contributed by atoms with Crippen LogP contribution in [0.4, 0.5) is 0 Å². The van der Waals surface area contributed by atoms with Crippen molar-refractivity contribution in [2.75, 3.05) is 7.05 Å². The zero-order valence-electron chi connectivity index (χ0n) is 7.91. The maximum absolute atomic E-state index is 2.39. The lowest BCUT2D eigenvalue weighted by Gasteiger charge is -2.09. The van der Waals surface area contributed by atoms with Crippen LogP contribution >= 0.6 is 0 Å². The van der Waals surface area contributed by atoms with Crippen molar-refractivity contribution in [3.8, 4) is 0 Å². The van der Waals surface area contributed by atoms with Gasteiger partial charge in [0.05, 0.1) is 5.54 Å². The summed E-state index contributed by atoms with van der Waals surface area (Å²) >= 11 is 0. The molecular weight excluding hydrogens is 146 g/mol. The minimum Gasteiger partial charge on any atom is -0.291 e. The average Bonchev–Trinajstić information content (AvgIpc) is 2.60. The second-order valence-electron chi connectivity index (χ2n) is 3.80. The van der Waals surface area contributed by atoms with Gasteiger partial charge in [0, 0.05) is 6.04 Å². The largest absolute Gasteiger partial charge is 0.291 e. The summed E-state index contributed by atoms with van der Waals surface area (Å²) in [5.74, 6) is 0. The SMILES string of the molecule is C[C@@H]1N(C)[C@@]1(C)c1ccccc1. The van der Waals surface area contributed by atoms with Crippen molar-refractivity contribution in [2.24, 2.45) is 0 Å². The van der Waals surface area contributed by atoms with E-state index < -0.39 is 0 Å². The van der Waals surface area contributed by atoms with Gasteiger partial charge in [0.15, 0.2) is 0 Å². The molecule has 3 atom stereocenters. The third-order valence-electron chi connectivity index (χ3n) is 3.42. The molecule has 0 bridgehead atoms. The topological polar surface area (TPSA) is 3.01 Å². The molecule has 0 radical (unpaired) electrons. The summed E-state index contributed by atoms with van der Waals surface area (Å²) in [4.78, 5) is 2.39. The first-order valence-corrected chi connectivity index (χ1v) is 4.46. The maximum atomic E-state index is 2.39. The Balaban J connectivity index is 2.34. The number of hydrogen-bond donors (Lipinski definition) is 0. The Morgan fingerprint density at radius 3 is 2.17 bits per heavy atom. The summed E-state index contributed by atoms with van der Waals surface area (Å²) in [6.45, 7) is 4.57. The molecule has 1 aromatic carbocycles. The lowest BCUT2D eigenvalue weighted by molar-refractivity contribution is 0.510. The molecule has 12 heavy (non-hydrogen) atoms. The Morgan fingerprint density at radius 2 is 1.75 bits per heavy atom. The molecule has 1 fully saturated rings. The van der Waals surface area contributed by atoms with Gasteiger partial charge in [-0.2, -0.15) is 0 Å². The normalized spacial score (nSPS) is 39.6. The Labute approximate surface area is 74.0 Å². The number of benzene rings is 1. The predicted molar refractivity (Wildman–Crippen MR) is 51.0 cm³/mol. The molecule has 1 nitrogen and oxygen atoms in total. The van der Waals surface area contributed by atoms with E-state index in [9.17, 15) is 0 Å². The molecule has 0 amide bonds. The highest BCUT2D eigenvalue weighted by molar-refractivity contribution is 5.32. The van der Waals surface area contributed by atoms with E-state index in [1.807, 2.05) is 0 Å². The zero-order chi connectivity index (χ0) is 8.77.